The number of pyridine rings is 1. The normalized spacial score (nSPS) is 18.2. The number of ketones is 1. The number of amides is 2. The third-order valence-corrected chi connectivity index (χ3v) is 10.4. The summed E-state index contributed by atoms with van der Waals surface area (Å²) in [5.41, 5.74) is -0.0699. The van der Waals surface area contributed by atoms with E-state index in [1.165, 1.54) is 12.1 Å². The Morgan fingerprint density at radius 2 is 1.18 bits per heavy atom. The van der Waals surface area contributed by atoms with Crippen LogP contribution in [0.2, 0.25) is 40.2 Å². The topological polar surface area (TPSA) is 87.6 Å². The van der Waals surface area contributed by atoms with Gasteiger partial charge in [0, 0.05) is 16.5 Å². The molecule has 0 bridgehead atoms. The second kappa shape index (κ2) is 9.87. The molecule has 3 aromatic carbocycles. The maximum atomic E-state index is 13.5. The van der Waals surface area contributed by atoms with Gasteiger partial charge < -0.3 is 5.11 Å². The van der Waals surface area contributed by atoms with Crippen molar-refractivity contribution in [1.82, 2.24) is 4.98 Å². The molecule has 14 heteroatoms. The van der Waals surface area contributed by atoms with E-state index < -0.39 is 29.6 Å². The van der Waals surface area contributed by atoms with Crippen molar-refractivity contribution < 1.29 is 19.5 Å². The molecule has 4 aromatic rings. The van der Waals surface area contributed by atoms with Crippen LogP contribution in [-0.4, -0.2) is 27.7 Å². The summed E-state index contributed by atoms with van der Waals surface area (Å²) < 4.78 is 0. The average molecular weight is 696 g/mol. The van der Waals surface area contributed by atoms with Gasteiger partial charge in [-0.2, -0.15) is 0 Å². The smallest absolute Gasteiger partial charge is 0.267 e. The lowest BCUT2D eigenvalue weighted by Crippen LogP contribution is -2.30. The third-order valence-electron chi connectivity index (χ3n) is 6.82. The van der Waals surface area contributed by atoms with Gasteiger partial charge in [0.1, 0.15) is 0 Å². The van der Waals surface area contributed by atoms with Gasteiger partial charge in [0.2, 0.25) is 0 Å². The molecule has 2 heterocycles. The first-order chi connectivity index (χ1) is 18.9. The lowest BCUT2D eigenvalue weighted by Gasteiger charge is -2.18. The largest absolute Gasteiger partial charge is 0.387 e. The molecular formula is C26H8Cl8N2O4. The number of para-hydroxylation sites is 1. The van der Waals surface area contributed by atoms with E-state index >= 15 is 0 Å². The molecule has 202 valence electrons. The lowest BCUT2D eigenvalue weighted by molar-refractivity contribution is 0.0865. The van der Waals surface area contributed by atoms with Crippen molar-refractivity contribution in [2.45, 2.75) is 12.0 Å². The fourth-order valence-corrected chi connectivity index (χ4v) is 7.08. The zero-order chi connectivity index (χ0) is 28.9. The molecule has 1 aliphatic carbocycles. The number of benzene rings is 3. The summed E-state index contributed by atoms with van der Waals surface area (Å²) in [5.74, 6) is -3.41. The molecule has 0 radical (unpaired) electrons. The van der Waals surface area contributed by atoms with Gasteiger partial charge in [-0.1, -0.05) is 111 Å². The number of aromatic nitrogens is 1. The number of imide groups is 1. The van der Waals surface area contributed by atoms with Crippen molar-refractivity contribution in [3.8, 4) is 0 Å². The van der Waals surface area contributed by atoms with Gasteiger partial charge in [0.15, 0.2) is 5.78 Å². The molecule has 0 fully saturated rings. The monoisotopic (exact) mass is 692 g/mol. The molecule has 6 rings (SSSR count). The molecule has 1 aromatic heterocycles. The minimum atomic E-state index is -1.46. The second-order valence-corrected chi connectivity index (χ2v) is 11.9. The molecular weight excluding hydrogens is 688 g/mol. The fourth-order valence-electron chi connectivity index (χ4n) is 5.00. The predicted octanol–water partition coefficient (Wildman–Crippen LogP) is 9.28. The maximum Gasteiger partial charge on any atom is 0.267 e. The van der Waals surface area contributed by atoms with E-state index in [2.05, 4.69) is 4.98 Å². The number of aliphatic hydroxyl groups is 1. The van der Waals surface area contributed by atoms with Crippen LogP contribution in [0.3, 0.4) is 0 Å². The van der Waals surface area contributed by atoms with Crippen LogP contribution in [0.15, 0.2) is 30.3 Å². The number of Topliss-reactive ketones (excluding diaryl/α,β-unsaturated/α-hetero) is 1. The minimum Gasteiger partial charge on any atom is -0.387 e. The first-order valence-electron chi connectivity index (χ1n) is 11.1. The standard InChI is InChI=1S/C26H8Cl8N2O4/c27-14-10-11(15(28)19(32)18(14)31)24(38)9(23(10)37)7-5-4-6-2-1-3-8(22(6)35-7)36-25(39)12-13(26(36)40)17(30)21(34)20(33)16(12)29/h1-5,9,23,37H. The summed E-state index contributed by atoms with van der Waals surface area (Å²) >= 11 is 49.8. The van der Waals surface area contributed by atoms with Crippen LogP contribution < -0.4 is 4.90 Å². The number of halogens is 8. The van der Waals surface area contributed by atoms with Gasteiger partial charge in [-0.05, 0) is 12.1 Å². The summed E-state index contributed by atoms with van der Waals surface area (Å²) in [4.78, 5) is 46.0. The first-order valence-corrected chi connectivity index (χ1v) is 14.1. The van der Waals surface area contributed by atoms with Gasteiger partial charge in [0.05, 0.1) is 80.2 Å². The minimum absolute atomic E-state index is 0.0321. The first kappa shape index (κ1) is 28.3. The number of carbonyl (C=O) groups excluding carboxylic acids is 3. The van der Waals surface area contributed by atoms with Gasteiger partial charge in [0.25, 0.3) is 11.8 Å². The lowest BCUT2D eigenvalue weighted by atomic mass is 9.97. The Morgan fingerprint density at radius 1 is 0.650 bits per heavy atom. The van der Waals surface area contributed by atoms with Crippen LogP contribution in [0.1, 0.15) is 54.4 Å². The predicted molar refractivity (Wildman–Crippen MR) is 158 cm³/mol. The molecule has 0 saturated heterocycles. The molecule has 2 aliphatic rings. The van der Waals surface area contributed by atoms with Crippen molar-refractivity contribution in [2.75, 3.05) is 4.90 Å². The van der Waals surface area contributed by atoms with E-state index in [9.17, 15) is 19.5 Å². The molecule has 1 aliphatic heterocycles. The molecule has 40 heavy (non-hydrogen) atoms. The quantitative estimate of drug-likeness (QED) is 0.128. The molecule has 0 spiro atoms. The molecule has 6 nitrogen and oxygen atoms in total. The SMILES string of the molecule is O=C1c2c(Cl)c(Cl)c(Cl)c(Cl)c2C(O)C1c1ccc2cccc(N3C(=O)c4c(Cl)c(Cl)c(Cl)c(Cl)c4C3=O)c2n1. The Morgan fingerprint density at radius 3 is 1.75 bits per heavy atom. The van der Waals surface area contributed by atoms with E-state index in [1.54, 1.807) is 18.2 Å². The summed E-state index contributed by atoms with van der Waals surface area (Å²) in [5, 5.41) is 10.5. The number of aliphatic hydroxyl groups excluding tert-OH is 1. The van der Waals surface area contributed by atoms with Crippen LogP contribution in [0.4, 0.5) is 5.69 Å². The summed E-state index contributed by atoms with van der Waals surface area (Å²) in [6.45, 7) is 0. The van der Waals surface area contributed by atoms with Crippen molar-refractivity contribution in [3.63, 3.8) is 0 Å². The van der Waals surface area contributed by atoms with Gasteiger partial charge in [-0.15, -0.1) is 0 Å². The van der Waals surface area contributed by atoms with E-state index in [0.717, 1.165) is 4.90 Å². The van der Waals surface area contributed by atoms with Crippen molar-refractivity contribution in [2.24, 2.45) is 0 Å². The van der Waals surface area contributed by atoms with Gasteiger partial charge >= 0.3 is 0 Å². The summed E-state index contributed by atoms with van der Waals surface area (Å²) in [6.07, 6.45) is -1.46. The van der Waals surface area contributed by atoms with Crippen molar-refractivity contribution >= 4 is 127 Å². The van der Waals surface area contributed by atoms with Crippen LogP contribution in [0.25, 0.3) is 10.9 Å². The third kappa shape index (κ3) is 3.75. The number of carbonyl (C=O) groups is 3. The second-order valence-electron chi connectivity index (χ2n) is 8.87. The molecule has 2 amide bonds. The van der Waals surface area contributed by atoms with Gasteiger partial charge in [-0.3, -0.25) is 14.4 Å². The van der Waals surface area contributed by atoms with E-state index in [1.807, 2.05) is 0 Å². The van der Waals surface area contributed by atoms with Crippen LogP contribution in [0.5, 0.6) is 0 Å². The van der Waals surface area contributed by atoms with E-state index in [0.29, 0.717) is 5.39 Å². The molecule has 2 atom stereocenters. The zero-order valence-corrected chi connectivity index (χ0v) is 25.2. The van der Waals surface area contributed by atoms with E-state index in [-0.39, 0.29) is 79.3 Å². The molecule has 1 N–H and O–H groups in total. The Balaban J connectivity index is 1.51. The number of fused-ring (bicyclic) bond motifs is 3. The van der Waals surface area contributed by atoms with Crippen molar-refractivity contribution in [3.05, 3.63) is 98.5 Å². The Kier molecular flexibility index (Phi) is 6.98. The molecule has 0 saturated carbocycles. The fraction of sp³-hybridized carbons (Fsp3) is 0.0769. The van der Waals surface area contributed by atoms with E-state index in [4.69, 9.17) is 92.8 Å². The Bertz CT molecular complexity index is 1850. The highest BCUT2D eigenvalue weighted by Crippen LogP contribution is 2.53. The van der Waals surface area contributed by atoms with Crippen LogP contribution in [-0.2, 0) is 0 Å². The van der Waals surface area contributed by atoms with Crippen LogP contribution >= 0.6 is 92.8 Å². The highest BCUT2D eigenvalue weighted by molar-refractivity contribution is 6.57. The van der Waals surface area contributed by atoms with Crippen molar-refractivity contribution in [1.29, 1.82) is 0 Å². The summed E-state index contributed by atoms with van der Waals surface area (Å²) in [6, 6.07) is 7.95. The molecule has 2 unspecified atom stereocenters. The maximum absolute atomic E-state index is 13.5. The zero-order valence-electron chi connectivity index (χ0n) is 19.1. The Hall–Kier alpha value is -1.84. The van der Waals surface area contributed by atoms with Gasteiger partial charge in [-0.25, -0.2) is 9.88 Å². The number of hydrogen-bond acceptors (Lipinski definition) is 5. The number of anilines is 1. The Labute approximate surface area is 265 Å². The number of rotatable bonds is 2. The highest BCUT2D eigenvalue weighted by atomic mass is 35.5. The number of nitrogens with zero attached hydrogens (tertiary/aromatic N) is 2. The average Bonchev–Trinajstić information content (AvgIpc) is 3.35. The van der Waals surface area contributed by atoms with Crippen LogP contribution in [0, 0.1) is 0 Å². The highest BCUT2D eigenvalue weighted by Gasteiger charge is 2.46. The number of hydrogen-bond donors (Lipinski definition) is 1. The summed E-state index contributed by atoms with van der Waals surface area (Å²) in [7, 11) is 0.